The van der Waals surface area contributed by atoms with E-state index in [4.69, 9.17) is 9.47 Å². The molecule has 0 fully saturated rings. The standard InChI is InChI=1S/C22H20FN3O3/c1-14-19(15(2)26(25-14)18-6-3-16(23)4-7-18)8-10-22(27)24-17-5-9-20-21(13-17)29-12-11-28-20/h3-10,13H,11-12H2,1-2H3,(H,24,27)/b10-8+. The molecular weight excluding hydrogens is 373 g/mol. The van der Waals surface area contributed by atoms with E-state index in [9.17, 15) is 9.18 Å². The highest BCUT2D eigenvalue weighted by Gasteiger charge is 2.13. The van der Waals surface area contributed by atoms with Crippen LogP contribution >= 0.6 is 0 Å². The van der Waals surface area contributed by atoms with Gasteiger partial charge in [-0.05, 0) is 56.3 Å². The number of rotatable bonds is 4. The predicted molar refractivity (Wildman–Crippen MR) is 108 cm³/mol. The van der Waals surface area contributed by atoms with Crippen LogP contribution in [-0.2, 0) is 4.79 Å². The SMILES string of the molecule is Cc1nn(-c2ccc(F)cc2)c(C)c1/C=C/C(=O)Nc1ccc2c(c1)OCCO2. The monoisotopic (exact) mass is 393 g/mol. The number of ether oxygens (including phenoxy) is 2. The van der Waals surface area contributed by atoms with Gasteiger partial charge in [0.15, 0.2) is 11.5 Å². The van der Waals surface area contributed by atoms with E-state index in [2.05, 4.69) is 10.4 Å². The predicted octanol–water partition coefficient (Wildman–Crippen LogP) is 4.05. The van der Waals surface area contributed by atoms with Gasteiger partial charge in [0.2, 0.25) is 5.91 Å². The van der Waals surface area contributed by atoms with Crippen LogP contribution in [0, 0.1) is 19.7 Å². The molecule has 1 aromatic heterocycles. The average molecular weight is 393 g/mol. The smallest absolute Gasteiger partial charge is 0.248 e. The summed E-state index contributed by atoms with van der Waals surface area (Å²) in [5.41, 5.74) is 3.85. The number of hydrogen-bond acceptors (Lipinski definition) is 4. The van der Waals surface area contributed by atoms with Gasteiger partial charge in [0.25, 0.3) is 0 Å². The number of benzene rings is 2. The lowest BCUT2D eigenvalue weighted by molar-refractivity contribution is -0.111. The number of aromatic nitrogens is 2. The van der Waals surface area contributed by atoms with E-state index in [1.165, 1.54) is 18.2 Å². The second-order valence-corrected chi connectivity index (χ2v) is 6.65. The summed E-state index contributed by atoms with van der Waals surface area (Å²) in [7, 11) is 0. The summed E-state index contributed by atoms with van der Waals surface area (Å²) >= 11 is 0. The number of carbonyl (C=O) groups is 1. The summed E-state index contributed by atoms with van der Waals surface area (Å²) in [6.45, 7) is 4.78. The first-order valence-electron chi connectivity index (χ1n) is 9.22. The van der Waals surface area contributed by atoms with Gasteiger partial charge < -0.3 is 14.8 Å². The molecule has 7 heteroatoms. The van der Waals surface area contributed by atoms with Crippen molar-refractivity contribution < 1.29 is 18.7 Å². The molecule has 4 rings (SSSR count). The van der Waals surface area contributed by atoms with Gasteiger partial charge in [-0.25, -0.2) is 9.07 Å². The molecule has 0 spiro atoms. The van der Waals surface area contributed by atoms with E-state index in [0.717, 1.165) is 22.6 Å². The molecule has 1 N–H and O–H groups in total. The van der Waals surface area contributed by atoms with Crippen LogP contribution in [0.2, 0.25) is 0 Å². The Balaban J connectivity index is 1.50. The number of halogens is 1. The fourth-order valence-electron chi connectivity index (χ4n) is 3.19. The number of hydrogen-bond donors (Lipinski definition) is 1. The van der Waals surface area contributed by atoms with Crippen molar-refractivity contribution >= 4 is 17.7 Å². The maximum absolute atomic E-state index is 13.2. The lowest BCUT2D eigenvalue weighted by Gasteiger charge is -2.18. The van der Waals surface area contributed by atoms with Crippen LogP contribution in [-0.4, -0.2) is 28.9 Å². The first kappa shape index (κ1) is 18.7. The fourth-order valence-corrected chi connectivity index (χ4v) is 3.19. The minimum Gasteiger partial charge on any atom is -0.486 e. The highest BCUT2D eigenvalue weighted by atomic mass is 19.1. The molecule has 6 nitrogen and oxygen atoms in total. The van der Waals surface area contributed by atoms with E-state index >= 15 is 0 Å². The van der Waals surface area contributed by atoms with E-state index < -0.39 is 0 Å². The molecule has 1 amide bonds. The van der Waals surface area contributed by atoms with Gasteiger partial charge in [-0.2, -0.15) is 5.10 Å². The molecule has 0 unspecified atom stereocenters. The molecule has 2 aromatic carbocycles. The van der Waals surface area contributed by atoms with Crippen molar-refractivity contribution in [2.75, 3.05) is 18.5 Å². The second-order valence-electron chi connectivity index (χ2n) is 6.65. The zero-order valence-electron chi connectivity index (χ0n) is 16.1. The molecule has 148 valence electrons. The molecule has 29 heavy (non-hydrogen) atoms. The summed E-state index contributed by atoms with van der Waals surface area (Å²) in [5.74, 6) is 0.718. The number of aryl methyl sites for hydroxylation is 1. The Morgan fingerprint density at radius 3 is 2.59 bits per heavy atom. The van der Waals surface area contributed by atoms with E-state index in [-0.39, 0.29) is 11.7 Å². The number of carbonyl (C=O) groups excluding carboxylic acids is 1. The van der Waals surface area contributed by atoms with E-state index in [1.807, 2.05) is 13.8 Å². The third-order valence-corrected chi connectivity index (χ3v) is 4.63. The second kappa shape index (κ2) is 7.79. The average Bonchev–Trinajstić information content (AvgIpc) is 3.00. The van der Waals surface area contributed by atoms with Crippen LogP contribution in [0.25, 0.3) is 11.8 Å². The fraction of sp³-hybridized carbons (Fsp3) is 0.182. The largest absolute Gasteiger partial charge is 0.486 e. The number of amides is 1. The minimum absolute atomic E-state index is 0.269. The molecule has 0 radical (unpaired) electrons. The Hall–Kier alpha value is -3.61. The Labute approximate surface area is 167 Å². The molecule has 0 bridgehead atoms. The quantitative estimate of drug-likeness (QED) is 0.679. The maximum Gasteiger partial charge on any atom is 0.248 e. The summed E-state index contributed by atoms with van der Waals surface area (Å²) in [6, 6.07) is 11.4. The van der Waals surface area contributed by atoms with Gasteiger partial charge in [0, 0.05) is 29.1 Å². The third kappa shape index (κ3) is 3.99. The van der Waals surface area contributed by atoms with Crippen LogP contribution in [0.3, 0.4) is 0 Å². The summed E-state index contributed by atoms with van der Waals surface area (Å²) in [6.07, 6.45) is 3.19. The minimum atomic E-state index is -0.300. The number of nitrogens with one attached hydrogen (secondary N) is 1. The Morgan fingerprint density at radius 2 is 1.83 bits per heavy atom. The summed E-state index contributed by atoms with van der Waals surface area (Å²) in [5, 5.41) is 7.32. The third-order valence-electron chi connectivity index (χ3n) is 4.63. The van der Waals surface area contributed by atoms with Crippen LogP contribution in [0.1, 0.15) is 17.0 Å². The van der Waals surface area contributed by atoms with E-state index in [0.29, 0.717) is 30.4 Å². The molecule has 0 saturated heterocycles. The zero-order chi connectivity index (χ0) is 20.4. The van der Waals surface area contributed by atoms with Crippen LogP contribution < -0.4 is 14.8 Å². The summed E-state index contributed by atoms with van der Waals surface area (Å²) < 4.78 is 25.9. The first-order valence-corrected chi connectivity index (χ1v) is 9.22. The number of anilines is 1. The van der Waals surface area contributed by atoms with Crippen molar-refractivity contribution in [3.63, 3.8) is 0 Å². The lowest BCUT2D eigenvalue weighted by atomic mass is 10.2. The Bertz CT molecular complexity index is 1090. The summed E-state index contributed by atoms with van der Waals surface area (Å²) in [4.78, 5) is 12.4. The van der Waals surface area contributed by atoms with Gasteiger partial charge in [-0.1, -0.05) is 0 Å². The van der Waals surface area contributed by atoms with Crippen molar-refractivity contribution in [1.29, 1.82) is 0 Å². The molecular formula is C22H20FN3O3. The first-order chi connectivity index (χ1) is 14.0. The lowest BCUT2D eigenvalue weighted by Crippen LogP contribution is -2.16. The van der Waals surface area contributed by atoms with Crippen LogP contribution in [0.4, 0.5) is 10.1 Å². The van der Waals surface area contributed by atoms with Gasteiger partial charge in [-0.3, -0.25) is 4.79 Å². The van der Waals surface area contributed by atoms with Crippen molar-refractivity contribution in [2.24, 2.45) is 0 Å². The molecule has 1 aliphatic heterocycles. The maximum atomic E-state index is 13.2. The van der Waals surface area contributed by atoms with Gasteiger partial charge in [0.1, 0.15) is 19.0 Å². The zero-order valence-corrected chi connectivity index (χ0v) is 16.1. The van der Waals surface area contributed by atoms with Crippen LogP contribution in [0.5, 0.6) is 11.5 Å². The van der Waals surface area contributed by atoms with Crippen molar-refractivity contribution in [3.8, 4) is 17.2 Å². The number of fused-ring (bicyclic) bond motifs is 1. The molecule has 0 atom stereocenters. The topological polar surface area (TPSA) is 65.4 Å². The van der Waals surface area contributed by atoms with Gasteiger partial charge in [0.05, 0.1) is 11.4 Å². The van der Waals surface area contributed by atoms with Crippen molar-refractivity contribution in [3.05, 3.63) is 71.3 Å². The van der Waals surface area contributed by atoms with Crippen molar-refractivity contribution in [2.45, 2.75) is 13.8 Å². The van der Waals surface area contributed by atoms with Crippen LogP contribution in [0.15, 0.2) is 48.5 Å². The Kier molecular flexibility index (Phi) is 5.03. The molecule has 3 aromatic rings. The van der Waals surface area contributed by atoms with Gasteiger partial charge >= 0.3 is 0 Å². The Morgan fingerprint density at radius 1 is 1.10 bits per heavy atom. The number of nitrogens with zero attached hydrogens (tertiary/aromatic N) is 2. The highest BCUT2D eigenvalue weighted by Crippen LogP contribution is 2.32. The normalized spacial score (nSPS) is 12.9. The van der Waals surface area contributed by atoms with Gasteiger partial charge in [-0.15, -0.1) is 0 Å². The molecule has 2 heterocycles. The van der Waals surface area contributed by atoms with E-state index in [1.54, 1.807) is 41.1 Å². The highest BCUT2D eigenvalue weighted by molar-refractivity contribution is 6.02. The molecule has 0 saturated carbocycles. The molecule has 1 aliphatic rings. The molecule has 0 aliphatic carbocycles. The van der Waals surface area contributed by atoms with Crippen molar-refractivity contribution in [1.82, 2.24) is 9.78 Å².